The van der Waals surface area contributed by atoms with Gasteiger partial charge in [0.1, 0.15) is 18.0 Å². The van der Waals surface area contributed by atoms with E-state index in [1.807, 2.05) is 0 Å². The zero-order chi connectivity index (χ0) is 22.3. The fourth-order valence-electron chi connectivity index (χ4n) is 3.84. The largest absolute Gasteiger partial charge is 0.497 e. The Morgan fingerprint density at radius 2 is 1.68 bits per heavy atom. The van der Waals surface area contributed by atoms with Crippen molar-refractivity contribution in [2.75, 3.05) is 25.1 Å². The molecule has 0 atom stereocenters. The van der Waals surface area contributed by atoms with E-state index in [1.165, 1.54) is 39.2 Å². The van der Waals surface area contributed by atoms with Crippen molar-refractivity contribution in [1.29, 1.82) is 0 Å². The SMILES string of the molecule is COc1ccc(OC)c(N(CC(=O)NC2CCCCCC2)S(=O)(=O)c2ccccc2)c1. The summed E-state index contributed by atoms with van der Waals surface area (Å²) in [4.78, 5) is 13.0. The highest BCUT2D eigenvalue weighted by molar-refractivity contribution is 7.92. The lowest BCUT2D eigenvalue weighted by Gasteiger charge is -2.27. The second-order valence-electron chi connectivity index (χ2n) is 7.62. The summed E-state index contributed by atoms with van der Waals surface area (Å²) in [6.45, 7) is -0.350. The molecular weight excluding hydrogens is 416 g/mol. The van der Waals surface area contributed by atoms with Gasteiger partial charge in [0.2, 0.25) is 5.91 Å². The van der Waals surface area contributed by atoms with Crippen LogP contribution in [0.1, 0.15) is 38.5 Å². The average molecular weight is 447 g/mol. The maximum absolute atomic E-state index is 13.5. The average Bonchev–Trinajstić information content (AvgIpc) is 3.06. The van der Waals surface area contributed by atoms with Crippen molar-refractivity contribution < 1.29 is 22.7 Å². The van der Waals surface area contributed by atoms with E-state index in [-0.39, 0.29) is 29.1 Å². The fourth-order valence-corrected chi connectivity index (χ4v) is 5.28. The molecule has 0 radical (unpaired) electrons. The topological polar surface area (TPSA) is 84.9 Å². The highest BCUT2D eigenvalue weighted by atomic mass is 32.2. The Morgan fingerprint density at radius 3 is 2.29 bits per heavy atom. The number of nitrogens with one attached hydrogen (secondary N) is 1. The molecule has 1 amide bonds. The molecule has 8 heteroatoms. The number of ether oxygens (including phenoxy) is 2. The van der Waals surface area contributed by atoms with Gasteiger partial charge >= 0.3 is 0 Å². The molecule has 0 unspecified atom stereocenters. The van der Waals surface area contributed by atoms with Crippen molar-refractivity contribution in [3.05, 3.63) is 48.5 Å². The molecule has 0 aromatic heterocycles. The zero-order valence-electron chi connectivity index (χ0n) is 18.0. The number of hydrogen-bond acceptors (Lipinski definition) is 5. The minimum Gasteiger partial charge on any atom is -0.497 e. The molecular formula is C23H30N2O5S. The van der Waals surface area contributed by atoms with Gasteiger partial charge in [0.15, 0.2) is 0 Å². The van der Waals surface area contributed by atoms with E-state index >= 15 is 0 Å². The van der Waals surface area contributed by atoms with E-state index in [9.17, 15) is 13.2 Å². The van der Waals surface area contributed by atoms with E-state index in [0.717, 1.165) is 30.0 Å². The van der Waals surface area contributed by atoms with Gasteiger partial charge in [-0.3, -0.25) is 9.10 Å². The first kappa shape index (κ1) is 22.9. The van der Waals surface area contributed by atoms with Crippen molar-refractivity contribution in [1.82, 2.24) is 5.32 Å². The Kier molecular flexibility index (Phi) is 7.79. The van der Waals surface area contributed by atoms with E-state index in [0.29, 0.717) is 11.5 Å². The molecule has 0 saturated heterocycles. The number of hydrogen-bond donors (Lipinski definition) is 1. The molecule has 168 valence electrons. The number of anilines is 1. The van der Waals surface area contributed by atoms with Crippen molar-refractivity contribution in [2.45, 2.75) is 49.5 Å². The summed E-state index contributed by atoms with van der Waals surface area (Å²) < 4.78 is 38.9. The Labute approximate surface area is 184 Å². The predicted octanol–water partition coefficient (Wildman–Crippen LogP) is 3.74. The van der Waals surface area contributed by atoms with Crippen molar-refractivity contribution in [3.63, 3.8) is 0 Å². The lowest BCUT2D eigenvalue weighted by molar-refractivity contribution is -0.120. The smallest absolute Gasteiger partial charge is 0.264 e. The molecule has 31 heavy (non-hydrogen) atoms. The summed E-state index contributed by atoms with van der Waals surface area (Å²) in [5.41, 5.74) is 0.252. The van der Waals surface area contributed by atoms with Crippen molar-refractivity contribution in [2.24, 2.45) is 0 Å². The summed E-state index contributed by atoms with van der Waals surface area (Å²) in [5.74, 6) is 0.465. The molecule has 0 bridgehead atoms. The third-order valence-corrected chi connectivity index (χ3v) is 7.27. The molecule has 3 rings (SSSR count). The molecule has 1 N–H and O–H groups in total. The van der Waals surface area contributed by atoms with E-state index in [1.54, 1.807) is 36.4 Å². The van der Waals surface area contributed by atoms with Gasteiger partial charge in [0.25, 0.3) is 10.0 Å². The van der Waals surface area contributed by atoms with Gasteiger partial charge in [-0.2, -0.15) is 0 Å². The number of sulfonamides is 1. The Morgan fingerprint density at radius 1 is 1.00 bits per heavy atom. The summed E-state index contributed by atoms with van der Waals surface area (Å²) in [6, 6.07) is 13.0. The van der Waals surface area contributed by atoms with Crippen LogP contribution in [0.25, 0.3) is 0 Å². The van der Waals surface area contributed by atoms with Gasteiger partial charge in [0, 0.05) is 12.1 Å². The Hall–Kier alpha value is -2.74. The molecule has 0 heterocycles. The van der Waals surface area contributed by atoms with Crippen LogP contribution in [0.3, 0.4) is 0 Å². The molecule has 1 saturated carbocycles. The summed E-state index contributed by atoms with van der Waals surface area (Å²) in [5, 5.41) is 3.03. The first-order valence-corrected chi connectivity index (χ1v) is 12.0. The number of carbonyl (C=O) groups is 1. The number of methoxy groups -OCH3 is 2. The van der Waals surface area contributed by atoms with Crippen LogP contribution in [0.2, 0.25) is 0 Å². The monoisotopic (exact) mass is 446 g/mol. The van der Waals surface area contributed by atoms with Crippen LogP contribution in [-0.4, -0.2) is 41.1 Å². The van der Waals surface area contributed by atoms with Gasteiger partial charge in [-0.25, -0.2) is 8.42 Å². The highest BCUT2D eigenvalue weighted by Crippen LogP contribution is 2.35. The maximum atomic E-state index is 13.5. The van der Waals surface area contributed by atoms with Crippen LogP contribution >= 0.6 is 0 Å². The number of carbonyl (C=O) groups excluding carboxylic acids is 1. The standard InChI is InChI=1S/C23H30N2O5S/c1-29-19-14-15-22(30-2)21(16-19)25(31(27,28)20-12-8-5-9-13-20)17-23(26)24-18-10-6-3-4-7-11-18/h5,8-9,12-16,18H,3-4,6-7,10-11,17H2,1-2H3,(H,24,26). The second kappa shape index (κ2) is 10.5. The van der Waals surface area contributed by atoms with Crippen molar-refractivity contribution in [3.8, 4) is 11.5 Å². The van der Waals surface area contributed by atoms with Crippen LogP contribution in [0.15, 0.2) is 53.4 Å². The third kappa shape index (κ3) is 5.70. The highest BCUT2D eigenvalue weighted by Gasteiger charge is 2.30. The fraction of sp³-hybridized carbons (Fsp3) is 0.435. The number of rotatable bonds is 8. The molecule has 0 aliphatic heterocycles. The van der Waals surface area contributed by atoms with Gasteiger partial charge in [0.05, 0.1) is 24.8 Å². The van der Waals surface area contributed by atoms with E-state index < -0.39 is 10.0 Å². The van der Waals surface area contributed by atoms with Crippen LogP contribution in [0, 0.1) is 0 Å². The Balaban J connectivity index is 1.96. The second-order valence-corrected chi connectivity index (χ2v) is 9.48. The van der Waals surface area contributed by atoms with Gasteiger partial charge in [-0.15, -0.1) is 0 Å². The quantitative estimate of drug-likeness (QED) is 0.625. The van der Waals surface area contributed by atoms with E-state index in [4.69, 9.17) is 9.47 Å². The number of benzene rings is 2. The lowest BCUT2D eigenvalue weighted by atomic mass is 10.1. The summed E-state index contributed by atoms with van der Waals surface area (Å²) in [7, 11) is -1.05. The zero-order valence-corrected chi connectivity index (χ0v) is 18.9. The molecule has 1 aliphatic rings. The predicted molar refractivity (Wildman–Crippen MR) is 120 cm³/mol. The van der Waals surface area contributed by atoms with Gasteiger partial charge in [-0.05, 0) is 37.1 Å². The first-order valence-electron chi connectivity index (χ1n) is 10.5. The molecule has 1 fully saturated rings. The minimum absolute atomic E-state index is 0.0727. The minimum atomic E-state index is -4.02. The summed E-state index contributed by atoms with van der Waals surface area (Å²) >= 11 is 0. The van der Waals surface area contributed by atoms with Crippen LogP contribution in [0.5, 0.6) is 11.5 Å². The molecule has 7 nitrogen and oxygen atoms in total. The Bertz CT molecular complexity index is 971. The molecule has 2 aromatic carbocycles. The van der Waals surface area contributed by atoms with Gasteiger partial charge < -0.3 is 14.8 Å². The first-order chi connectivity index (χ1) is 15.0. The van der Waals surface area contributed by atoms with Crippen LogP contribution in [-0.2, 0) is 14.8 Å². The molecule has 0 spiro atoms. The summed E-state index contributed by atoms with van der Waals surface area (Å²) in [6.07, 6.45) is 6.31. The third-order valence-electron chi connectivity index (χ3n) is 5.49. The number of amides is 1. The normalized spacial score (nSPS) is 15.0. The van der Waals surface area contributed by atoms with Gasteiger partial charge in [-0.1, -0.05) is 43.9 Å². The molecule has 2 aromatic rings. The van der Waals surface area contributed by atoms with E-state index in [2.05, 4.69) is 5.32 Å². The van der Waals surface area contributed by atoms with Crippen LogP contribution < -0.4 is 19.1 Å². The number of nitrogens with zero attached hydrogens (tertiary/aromatic N) is 1. The maximum Gasteiger partial charge on any atom is 0.264 e. The van der Waals surface area contributed by atoms with Crippen LogP contribution in [0.4, 0.5) is 5.69 Å². The van der Waals surface area contributed by atoms with Crippen molar-refractivity contribution >= 4 is 21.6 Å². The lowest BCUT2D eigenvalue weighted by Crippen LogP contribution is -2.44. The molecule has 1 aliphatic carbocycles.